The van der Waals surface area contributed by atoms with Crippen molar-refractivity contribution < 1.29 is 40.7 Å². The fourth-order valence-corrected chi connectivity index (χ4v) is 9.26. The Kier molecular flexibility index (Phi) is 11.2. The van der Waals surface area contributed by atoms with Crippen LogP contribution in [0.5, 0.6) is 5.75 Å². The van der Waals surface area contributed by atoms with E-state index in [1.54, 1.807) is 37.1 Å². The maximum atomic E-state index is 14.2. The lowest BCUT2D eigenvalue weighted by Crippen LogP contribution is -2.48. The van der Waals surface area contributed by atoms with Crippen LogP contribution in [-0.2, 0) is 30.6 Å². The van der Waals surface area contributed by atoms with Gasteiger partial charge in [-0.15, -0.1) is 24.5 Å². The van der Waals surface area contributed by atoms with Gasteiger partial charge in [-0.3, -0.25) is 19.1 Å². The number of likely N-dealkylation sites (tertiary alicyclic amines) is 1. The molecule has 3 aliphatic rings. The number of carbonyl (C=O) groups is 3. The molecule has 6 rings (SSSR count). The highest BCUT2D eigenvalue weighted by Gasteiger charge is 2.61. The average Bonchev–Trinajstić information content (AvgIpc) is 4.00. The third kappa shape index (κ3) is 8.15. The van der Waals surface area contributed by atoms with Gasteiger partial charge in [0.25, 0.3) is 0 Å². The lowest BCUT2D eigenvalue weighted by Gasteiger charge is -2.29. The molecular formula is C37H41ClF3N5O6S2. The van der Waals surface area contributed by atoms with Gasteiger partial charge in [-0.1, -0.05) is 29.8 Å². The number of halogens is 4. The molecule has 4 atom stereocenters. The molecule has 3 fully saturated rings. The molecule has 11 nitrogen and oxygen atoms in total. The van der Waals surface area contributed by atoms with Gasteiger partial charge in [0.05, 0.1) is 27.7 Å². The standard InChI is InChI=1S/C37H41ClF3N5O6S2/c1-5-7-8-9-14-45(4)34(48)27-15-23(19-46(27)30(47)18-36(17-22(36)6-2)35(49)44-54(50,51)24-11-12-24)52-28-16-26(33-43-29(20-53-33)37(39,40)41)42-32-25(28)13-10-21(3)31(32)38/h5-6,10,13,16,20,22-24,27H,1-2,7-9,11-12,14-15,17-19H2,3-4H3,(H,44,49)/t22-,23?,27+,36-/m1/s1. The van der Waals surface area contributed by atoms with Crippen LogP contribution in [-0.4, -0.2) is 83.4 Å². The van der Waals surface area contributed by atoms with Crippen LogP contribution in [0.3, 0.4) is 0 Å². The summed E-state index contributed by atoms with van der Waals surface area (Å²) in [5.74, 6) is -1.84. The Morgan fingerprint density at radius 1 is 1.20 bits per heavy atom. The van der Waals surface area contributed by atoms with E-state index >= 15 is 0 Å². The second-order valence-corrected chi connectivity index (χ2v) is 17.5. The summed E-state index contributed by atoms with van der Waals surface area (Å²) in [7, 11) is -2.23. The van der Waals surface area contributed by atoms with Gasteiger partial charge in [-0.05, 0) is 63.0 Å². The Hall–Kier alpha value is -4.02. The topological polar surface area (TPSA) is 139 Å². The molecule has 0 radical (unpaired) electrons. The summed E-state index contributed by atoms with van der Waals surface area (Å²) >= 11 is 7.42. The minimum absolute atomic E-state index is 0.00510. The number of benzene rings is 1. The normalized spacial score (nSPS) is 22.6. The lowest BCUT2D eigenvalue weighted by molar-refractivity contribution is -0.144. The second kappa shape index (κ2) is 15.3. The molecule has 0 bridgehead atoms. The molecule has 290 valence electrons. The number of carbonyl (C=O) groups excluding carboxylic acids is 3. The zero-order valence-corrected chi connectivity index (χ0v) is 32.2. The number of aryl methyl sites for hydroxylation is 1. The van der Waals surface area contributed by atoms with Gasteiger partial charge in [-0.2, -0.15) is 13.2 Å². The molecule has 1 N–H and O–H groups in total. The number of alkyl halides is 3. The van der Waals surface area contributed by atoms with E-state index in [4.69, 9.17) is 16.3 Å². The highest BCUT2D eigenvalue weighted by molar-refractivity contribution is 7.90. The number of amides is 3. The molecule has 2 aliphatic carbocycles. The van der Waals surface area contributed by atoms with Crippen molar-refractivity contribution in [1.29, 1.82) is 0 Å². The number of allylic oxidation sites excluding steroid dienone is 2. The van der Waals surface area contributed by atoms with E-state index in [-0.39, 0.29) is 58.7 Å². The van der Waals surface area contributed by atoms with Gasteiger partial charge >= 0.3 is 6.18 Å². The Labute approximate surface area is 320 Å². The molecule has 3 heterocycles. The van der Waals surface area contributed by atoms with Gasteiger partial charge < -0.3 is 14.5 Å². The maximum absolute atomic E-state index is 14.2. The summed E-state index contributed by atoms with van der Waals surface area (Å²) in [6.07, 6.45) is 1.05. The van der Waals surface area contributed by atoms with E-state index in [1.165, 1.54) is 17.0 Å². The summed E-state index contributed by atoms with van der Waals surface area (Å²) in [5.41, 5.74) is -1.34. The lowest BCUT2D eigenvalue weighted by atomic mass is 9.97. The van der Waals surface area contributed by atoms with Crippen molar-refractivity contribution >= 4 is 61.6 Å². The van der Waals surface area contributed by atoms with Crippen molar-refractivity contribution in [2.24, 2.45) is 11.3 Å². The highest BCUT2D eigenvalue weighted by Crippen LogP contribution is 2.57. The molecular weight excluding hydrogens is 767 g/mol. The first kappa shape index (κ1) is 39.7. The molecule has 3 aromatic rings. The summed E-state index contributed by atoms with van der Waals surface area (Å²) in [6.45, 7) is 9.63. The summed E-state index contributed by atoms with van der Waals surface area (Å²) in [5, 5.41) is 0.994. The van der Waals surface area contributed by atoms with E-state index in [0.717, 1.165) is 29.6 Å². The average molecular weight is 808 g/mol. The Morgan fingerprint density at radius 2 is 1.94 bits per heavy atom. The number of hydrogen-bond acceptors (Lipinski definition) is 9. The van der Waals surface area contributed by atoms with Crippen LogP contribution >= 0.6 is 22.9 Å². The van der Waals surface area contributed by atoms with Crippen molar-refractivity contribution in [3.63, 3.8) is 0 Å². The van der Waals surface area contributed by atoms with Gasteiger partial charge in [0, 0.05) is 43.3 Å². The minimum atomic E-state index is -4.66. The number of aromatic nitrogens is 2. The molecule has 1 aromatic carbocycles. The SMILES string of the molecule is C=CCCCCN(C)C(=O)[C@@H]1CC(Oc2cc(-c3nc(C(F)(F)F)cs3)nc3c(Cl)c(C)ccc23)CN1C(=O)C[C@]1(C(=O)NS(=O)(=O)C2CC2)C[C@H]1C=C. The number of nitrogens with zero attached hydrogens (tertiary/aromatic N) is 4. The molecule has 3 amide bonds. The Balaban J connectivity index is 1.30. The van der Waals surface area contributed by atoms with E-state index in [0.29, 0.717) is 36.8 Å². The quantitative estimate of drug-likeness (QED) is 0.132. The largest absolute Gasteiger partial charge is 0.488 e. The van der Waals surface area contributed by atoms with E-state index < -0.39 is 62.4 Å². The first-order valence-corrected chi connectivity index (χ1v) is 20.4. The van der Waals surface area contributed by atoms with Crippen molar-refractivity contribution in [3.8, 4) is 16.5 Å². The molecule has 1 aliphatic heterocycles. The monoisotopic (exact) mass is 807 g/mol. The zero-order valence-electron chi connectivity index (χ0n) is 29.8. The zero-order chi connectivity index (χ0) is 39.2. The number of likely N-dealkylation sites (N-methyl/N-ethyl adjacent to an activating group) is 1. The smallest absolute Gasteiger partial charge is 0.434 e. The fraction of sp³-hybridized carbons (Fsp3) is 0.486. The number of fused-ring (bicyclic) bond motifs is 1. The molecule has 2 aromatic heterocycles. The first-order valence-electron chi connectivity index (χ1n) is 17.6. The second-order valence-electron chi connectivity index (χ2n) is 14.3. The van der Waals surface area contributed by atoms with Gasteiger partial charge in [0.15, 0.2) is 5.69 Å². The number of unbranched alkanes of at least 4 members (excludes halogenated alkanes) is 2. The van der Waals surface area contributed by atoms with E-state index in [2.05, 4.69) is 27.8 Å². The molecule has 1 unspecified atom stereocenters. The highest BCUT2D eigenvalue weighted by atomic mass is 35.5. The van der Waals surface area contributed by atoms with Crippen molar-refractivity contribution in [3.05, 3.63) is 65.2 Å². The third-order valence-electron chi connectivity index (χ3n) is 10.3. The first-order chi connectivity index (χ1) is 25.5. The number of hydrogen-bond donors (Lipinski definition) is 1. The van der Waals surface area contributed by atoms with E-state index in [9.17, 15) is 36.0 Å². The molecule has 2 saturated carbocycles. The predicted octanol–water partition coefficient (Wildman–Crippen LogP) is 6.69. The fourth-order valence-electron chi connectivity index (χ4n) is 6.88. The van der Waals surface area contributed by atoms with Crippen molar-refractivity contribution in [2.75, 3.05) is 20.1 Å². The van der Waals surface area contributed by atoms with Crippen LogP contribution in [0.15, 0.2) is 48.9 Å². The Morgan fingerprint density at radius 3 is 2.57 bits per heavy atom. The minimum Gasteiger partial charge on any atom is -0.488 e. The van der Waals surface area contributed by atoms with Crippen LogP contribution in [0.1, 0.15) is 62.6 Å². The Bertz CT molecular complexity index is 2110. The summed E-state index contributed by atoms with van der Waals surface area (Å²) in [4.78, 5) is 53.0. The third-order valence-corrected chi connectivity index (χ3v) is 13.5. The maximum Gasteiger partial charge on any atom is 0.434 e. The van der Waals surface area contributed by atoms with Crippen LogP contribution in [0.25, 0.3) is 21.6 Å². The van der Waals surface area contributed by atoms with Crippen molar-refractivity contribution in [1.82, 2.24) is 24.5 Å². The number of nitrogens with one attached hydrogen (secondary N) is 1. The van der Waals surface area contributed by atoms with Gasteiger partial charge in [0.2, 0.25) is 27.7 Å². The number of ether oxygens (including phenoxy) is 1. The van der Waals surface area contributed by atoms with Gasteiger partial charge in [0.1, 0.15) is 28.6 Å². The van der Waals surface area contributed by atoms with Crippen LogP contribution in [0, 0.1) is 18.3 Å². The van der Waals surface area contributed by atoms with E-state index in [1.807, 2.05) is 0 Å². The molecule has 0 spiro atoms. The molecule has 1 saturated heterocycles. The van der Waals surface area contributed by atoms with Crippen LogP contribution in [0.4, 0.5) is 13.2 Å². The summed E-state index contributed by atoms with van der Waals surface area (Å²) < 4.78 is 74.4. The number of pyridine rings is 1. The van der Waals surface area contributed by atoms with Gasteiger partial charge in [-0.25, -0.2) is 18.4 Å². The van der Waals surface area contributed by atoms with Crippen LogP contribution < -0.4 is 9.46 Å². The number of thiazole rings is 1. The molecule has 54 heavy (non-hydrogen) atoms. The van der Waals surface area contributed by atoms with Crippen LogP contribution in [0.2, 0.25) is 5.02 Å². The predicted molar refractivity (Wildman–Crippen MR) is 199 cm³/mol. The summed E-state index contributed by atoms with van der Waals surface area (Å²) in [6, 6.07) is 3.97. The molecule has 17 heteroatoms. The van der Waals surface area contributed by atoms with Crippen molar-refractivity contribution in [2.45, 2.75) is 81.9 Å². The number of rotatable bonds is 15. The number of sulfonamides is 1.